The lowest BCUT2D eigenvalue weighted by molar-refractivity contribution is 0.524. The second-order valence-corrected chi connectivity index (χ2v) is 5.66. The van der Waals surface area contributed by atoms with E-state index in [1.54, 1.807) is 0 Å². The maximum atomic E-state index is 5.97. The first kappa shape index (κ1) is 14.5. The molecule has 0 saturated carbocycles. The fourth-order valence-corrected chi connectivity index (χ4v) is 2.97. The van der Waals surface area contributed by atoms with Gasteiger partial charge in [-0.25, -0.2) is 0 Å². The van der Waals surface area contributed by atoms with Crippen LogP contribution >= 0.6 is 0 Å². The van der Waals surface area contributed by atoms with Gasteiger partial charge in [0.2, 0.25) is 0 Å². The van der Waals surface area contributed by atoms with Crippen LogP contribution in [0.1, 0.15) is 24.0 Å². The second kappa shape index (κ2) is 6.58. The summed E-state index contributed by atoms with van der Waals surface area (Å²) in [5, 5.41) is 7.52. The highest BCUT2D eigenvalue weighted by Gasteiger charge is 2.25. The highest BCUT2D eigenvalue weighted by molar-refractivity contribution is 5.64. The van der Waals surface area contributed by atoms with Gasteiger partial charge in [0.15, 0.2) is 0 Å². The Morgan fingerprint density at radius 3 is 2.27 bits per heavy atom. The van der Waals surface area contributed by atoms with Gasteiger partial charge in [-0.2, -0.15) is 5.10 Å². The number of aromatic amines is 1. The van der Waals surface area contributed by atoms with Crippen molar-refractivity contribution in [3.63, 3.8) is 0 Å². The summed E-state index contributed by atoms with van der Waals surface area (Å²) in [5.74, 6) is 0.572. The third kappa shape index (κ3) is 2.81. The predicted octanol–water partition coefficient (Wildman–Crippen LogP) is 3.80. The summed E-state index contributed by atoms with van der Waals surface area (Å²) in [7, 11) is 0. The molecule has 0 aliphatic heterocycles. The summed E-state index contributed by atoms with van der Waals surface area (Å²) in [6.07, 6.45) is 2.01. The molecular weight excluding hydrogens is 270 g/mol. The molecule has 3 nitrogen and oxygen atoms in total. The van der Waals surface area contributed by atoms with Gasteiger partial charge < -0.3 is 5.73 Å². The Bertz CT molecular complexity index is 704. The van der Waals surface area contributed by atoms with E-state index >= 15 is 0 Å². The maximum absolute atomic E-state index is 5.97. The zero-order valence-corrected chi connectivity index (χ0v) is 12.7. The molecule has 0 saturated heterocycles. The van der Waals surface area contributed by atoms with Crippen molar-refractivity contribution in [2.24, 2.45) is 11.7 Å². The topological polar surface area (TPSA) is 54.7 Å². The normalized spacial score (nSPS) is 13.7. The Labute approximate surface area is 131 Å². The molecule has 3 rings (SSSR count). The van der Waals surface area contributed by atoms with E-state index in [0.717, 1.165) is 11.3 Å². The molecular formula is C19H21N3. The van der Waals surface area contributed by atoms with E-state index in [9.17, 15) is 0 Å². The van der Waals surface area contributed by atoms with Gasteiger partial charge in [-0.3, -0.25) is 5.10 Å². The SMILES string of the molecule is CC(CN)C(c1ccccc1)c1c[nH]nc1-c1ccccc1. The van der Waals surface area contributed by atoms with Crippen LogP contribution in [-0.4, -0.2) is 16.7 Å². The van der Waals surface area contributed by atoms with Gasteiger partial charge in [-0.15, -0.1) is 0 Å². The van der Waals surface area contributed by atoms with Crippen molar-refractivity contribution in [2.75, 3.05) is 6.54 Å². The van der Waals surface area contributed by atoms with Gasteiger partial charge in [-0.1, -0.05) is 67.6 Å². The summed E-state index contributed by atoms with van der Waals surface area (Å²) in [4.78, 5) is 0. The molecule has 0 radical (unpaired) electrons. The minimum absolute atomic E-state index is 0.236. The molecule has 3 heteroatoms. The molecule has 1 aromatic heterocycles. The van der Waals surface area contributed by atoms with Gasteiger partial charge >= 0.3 is 0 Å². The van der Waals surface area contributed by atoms with Gasteiger partial charge in [0, 0.05) is 23.2 Å². The molecule has 0 spiro atoms. The van der Waals surface area contributed by atoms with Gasteiger partial charge in [0.1, 0.15) is 0 Å². The Kier molecular flexibility index (Phi) is 4.35. The average molecular weight is 291 g/mol. The van der Waals surface area contributed by atoms with Gasteiger partial charge in [0.25, 0.3) is 0 Å². The fraction of sp³-hybridized carbons (Fsp3) is 0.211. The minimum Gasteiger partial charge on any atom is -0.330 e. The standard InChI is InChI=1S/C19H21N3/c1-14(12-20)18(15-8-4-2-5-9-15)17-13-21-22-19(17)16-10-6-3-7-11-16/h2-11,13-14,18H,12,20H2,1H3,(H,21,22). The molecule has 22 heavy (non-hydrogen) atoms. The van der Waals surface area contributed by atoms with Crippen LogP contribution in [0.3, 0.4) is 0 Å². The Morgan fingerprint density at radius 2 is 1.64 bits per heavy atom. The van der Waals surface area contributed by atoms with E-state index in [-0.39, 0.29) is 5.92 Å². The zero-order valence-electron chi connectivity index (χ0n) is 12.7. The number of H-pyrrole nitrogens is 1. The highest BCUT2D eigenvalue weighted by atomic mass is 15.1. The zero-order chi connectivity index (χ0) is 15.4. The number of hydrogen-bond donors (Lipinski definition) is 2. The van der Waals surface area contributed by atoms with Crippen molar-refractivity contribution in [2.45, 2.75) is 12.8 Å². The number of nitrogens with zero attached hydrogens (tertiary/aromatic N) is 1. The predicted molar refractivity (Wildman–Crippen MR) is 90.5 cm³/mol. The molecule has 1 heterocycles. The largest absolute Gasteiger partial charge is 0.330 e. The summed E-state index contributed by atoms with van der Waals surface area (Å²) in [5.41, 5.74) is 10.6. The molecule has 0 fully saturated rings. The van der Waals surface area contributed by atoms with Crippen LogP contribution < -0.4 is 5.73 Å². The molecule has 2 atom stereocenters. The molecule has 0 bridgehead atoms. The Morgan fingerprint density at radius 1 is 1.00 bits per heavy atom. The molecule has 2 aromatic carbocycles. The summed E-state index contributed by atoms with van der Waals surface area (Å²) in [6, 6.07) is 20.8. The average Bonchev–Trinajstić information content (AvgIpc) is 3.06. The Hall–Kier alpha value is -2.39. The third-order valence-electron chi connectivity index (χ3n) is 4.15. The number of nitrogens with one attached hydrogen (secondary N) is 1. The first-order valence-electron chi connectivity index (χ1n) is 7.65. The number of benzene rings is 2. The van der Waals surface area contributed by atoms with Crippen molar-refractivity contribution < 1.29 is 0 Å². The van der Waals surface area contributed by atoms with Crippen molar-refractivity contribution in [3.05, 3.63) is 78.0 Å². The monoisotopic (exact) mass is 291 g/mol. The van der Waals surface area contributed by atoms with Crippen molar-refractivity contribution in [1.82, 2.24) is 10.2 Å². The smallest absolute Gasteiger partial charge is 0.0958 e. The molecule has 3 aromatic rings. The third-order valence-corrected chi connectivity index (χ3v) is 4.15. The maximum Gasteiger partial charge on any atom is 0.0958 e. The minimum atomic E-state index is 0.236. The highest BCUT2D eigenvalue weighted by Crippen LogP contribution is 2.36. The van der Waals surface area contributed by atoms with Crippen LogP contribution in [0.25, 0.3) is 11.3 Å². The van der Waals surface area contributed by atoms with Crippen molar-refractivity contribution in [3.8, 4) is 11.3 Å². The van der Waals surface area contributed by atoms with Crippen LogP contribution in [0.4, 0.5) is 0 Å². The summed E-state index contributed by atoms with van der Waals surface area (Å²) in [6.45, 7) is 2.83. The van der Waals surface area contributed by atoms with Gasteiger partial charge in [0.05, 0.1) is 5.69 Å². The van der Waals surface area contributed by atoms with E-state index in [2.05, 4.69) is 53.5 Å². The van der Waals surface area contributed by atoms with Crippen LogP contribution in [0, 0.1) is 5.92 Å². The summed E-state index contributed by atoms with van der Waals surface area (Å²) < 4.78 is 0. The fourth-order valence-electron chi connectivity index (χ4n) is 2.97. The van der Waals surface area contributed by atoms with E-state index in [4.69, 9.17) is 5.73 Å². The number of hydrogen-bond acceptors (Lipinski definition) is 2. The van der Waals surface area contributed by atoms with E-state index in [1.165, 1.54) is 11.1 Å². The van der Waals surface area contributed by atoms with E-state index in [1.807, 2.05) is 30.5 Å². The quantitative estimate of drug-likeness (QED) is 0.751. The number of rotatable bonds is 5. The lowest BCUT2D eigenvalue weighted by Crippen LogP contribution is -2.20. The molecule has 112 valence electrons. The van der Waals surface area contributed by atoms with E-state index in [0.29, 0.717) is 12.5 Å². The lowest BCUT2D eigenvalue weighted by atomic mass is 9.81. The molecule has 2 unspecified atom stereocenters. The molecule has 0 aliphatic carbocycles. The van der Waals surface area contributed by atoms with Crippen molar-refractivity contribution in [1.29, 1.82) is 0 Å². The van der Waals surface area contributed by atoms with E-state index < -0.39 is 0 Å². The second-order valence-electron chi connectivity index (χ2n) is 5.66. The first-order valence-corrected chi connectivity index (χ1v) is 7.65. The van der Waals surface area contributed by atoms with Crippen molar-refractivity contribution >= 4 is 0 Å². The molecule has 0 aliphatic rings. The van der Waals surface area contributed by atoms with Crippen LogP contribution in [0.2, 0.25) is 0 Å². The van der Waals surface area contributed by atoms with Crippen LogP contribution in [0.15, 0.2) is 66.9 Å². The number of nitrogens with two attached hydrogens (primary N) is 1. The number of aromatic nitrogens is 2. The molecule has 3 N–H and O–H groups in total. The first-order chi connectivity index (χ1) is 10.8. The lowest BCUT2D eigenvalue weighted by Gasteiger charge is -2.23. The van der Waals surface area contributed by atoms with Crippen LogP contribution in [-0.2, 0) is 0 Å². The van der Waals surface area contributed by atoms with Crippen LogP contribution in [0.5, 0.6) is 0 Å². The summed E-state index contributed by atoms with van der Waals surface area (Å²) >= 11 is 0. The Balaban J connectivity index is 2.09. The molecule has 0 amide bonds. The van der Waals surface area contributed by atoms with Gasteiger partial charge in [-0.05, 0) is 18.0 Å².